The second kappa shape index (κ2) is 6.73. The average Bonchev–Trinajstić information content (AvgIpc) is 2.96. The number of amides is 1. The Morgan fingerprint density at radius 3 is 2.46 bits per heavy atom. The van der Waals surface area contributed by atoms with Gasteiger partial charge in [-0.2, -0.15) is 13.2 Å². The van der Waals surface area contributed by atoms with E-state index in [1.54, 1.807) is 0 Å². The number of aliphatic carboxylic acids is 1. The fourth-order valence-electron chi connectivity index (χ4n) is 1.94. The van der Waals surface area contributed by atoms with E-state index in [0.717, 1.165) is 12.1 Å². The van der Waals surface area contributed by atoms with Gasteiger partial charge < -0.3 is 14.8 Å². The van der Waals surface area contributed by atoms with Gasteiger partial charge in [-0.25, -0.2) is 9.18 Å². The van der Waals surface area contributed by atoms with E-state index >= 15 is 0 Å². The highest BCUT2D eigenvalue weighted by atomic mass is 19.4. The van der Waals surface area contributed by atoms with Crippen LogP contribution in [0.4, 0.5) is 17.6 Å². The molecule has 2 rings (SSSR count). The molecule has 0 aliphatic carbocycles. The summed E-state index contributed by atoms with van der Waals surface area (Å²) in [5, 5.41) is 11.2. The van der Waals surface area contributed by atoms with Crippen molar-refractivity contribution in [3.8, 4) is 0 Å². The molecule has 2 N–H and O–H groups in total. The van der Waals surface area contributed by atoms with E-state index in [1.165, 1.54) is 18.2 Å². The first kappa shape index (κ1) is 17.5. The molecule has 0 bridgehead atoms. The molecule has 1 heterocycles. The van der Waals surface area contributed by atoms with E-state index in [-0.39, 0.29) is 6.42 Å². The highest BCUT2D eigenvalue weighted by Crippen LogP contribution is 2.30. The third-order valence-corrected chi connectivity index (χ3v) is 3.04. The summed E-state index contributed by atoms with van der Waals surface area (Å²) in [6.07, 6.45) is -5.00. The third kappa shape index (κ3) is 4.34. The Bertz CT molecular complexity index is 754. The lowest BCUT2D eigenvalue weighted by Gasteiger charge is -2.14. The molecular weight excluding hydrogens is 334 g/mol. The number of alkyl halides is 3. The summed E-state index contributed by atoms with van der Waals surface area (Å²) >= 11 is 0. The maximum atomic E-state index is 13.1. The predicted molar refractivity (Wildman–Crippen MR) is 72.7 cm³/mol. The lowest BCUT2D eigenvalue weighted by Crippen LogP contribution is -2.42. The number of carbonyl (C=O) groups excluding carboxylic acids is 1. The van der Waals surface area contributed by atoms with Crippen molar-refractivity contribution in [3.63, 3.8) is 0 Å². The number of hydrogen-bond acceptors (Lipinski definition) is 3. The van der Waals surface area contributed by atoms with Crippen molar-refractivity contribution in [2.75, 3.05) is 0 Å². The normalized spacial score (nSPS) is 12.7. The van der Waals surface area contributed by atoms with Gasteiger partial charge in [0.1, 0.15) is 11.9 Å². The minimum absolute atomic E-state index is 0.244. The number of furan rings is 1. The van der Waals surface area contributed by atoms with Crippen LogP contribution >= 0.6 is 0 Å². The summed E-state index contributed by atoms with van der Waals surface area (Å²) in [6.45, 7) is 0. The average molecular weight is 345 g/mol. The zero-order valence-electron chi connectivity index (χ0n) is 11.9. The van der Waals surface area contributed by atoms with Crippen molar-refractivity contribution < 1.29 is 36.7 Å². The molecule has 24 heavy (non-hydrogen) atoms. The van der Waals surface area contributed by atoms with Crippen LogP contribution < -0.4 is 5.32 Å². The summed E-state index contributed by atoms with van der Waals surface area (Å²) in [5.74, 6) is -5.16. The van der Waals surface area contributed by atoms with Gasteiger partial charge in [-0.05, 0) is 29.8 Å². The monoisotopic (exact) mass is 345 g/mol. The molecule has 0 aliphatic rings. The molecule has 0 saturated heterocycles. The van der Waals surface area contributed by atoms with Crippen LogP contribution in [-0.2, 0) is 17.4 Å². The molecule has 0 fully saturated rings. The first-order chi connectivity index (χ1) is 11.2. The zero-order chi connectivity index (χ0) is 17.9. The first-order valence-electron chi connectivity index (χ1n) is 6.62. The fraction of sp³-hybridized carbons (Fsp3) is 0.200. The smallest absolute Gasteiger partial charge is 0.449 e. The lowest BCUT2D eigenvalue weighted by molar-refractivity contribution is -0.153. The van der Waals surface area contributed by atoms with E-state index in [0.29, 0.717) is 11.6 Å². The Labute approximate surface area is 132 Å². The maximum absolute atomic E-state index is 13.1. The molecule has 0 radical (unpaired) electrons. The van der Waals surface area contributed by atoms with E-state index in [2.05, 4.69) is 4.42 Å². The van der Waals surface area contributed by atoms with Crippen LogP contribution in [-0.4, -0.2) is 23.0 Å². The second-order valence-electron chi connectivity index (χ2n) is 4.86. The summed E-state index contributed by atoms with van der Waals surface area (Å²) < 4.78 is 54.8. The van der Waals surface area contributed by atoms with Gasteiger partial charge in [0.25, 0.3) is 5.91 Å². The number of carboxylic acids is 1. The fourth-order valence-corrected chi connectivity index (χ4v) is 1.94. The number of nitrogens with one attached hydrogen (secondary N) is 1. The van der Waals surface area contributed by atoms with Crippen LogP contribution in [0.5, 0.6) is 0 Å². The highest BCUT2D eigenvalue weighted by molar-refractivity contribution is 5.94. The minimum atomic E-state index is -4.76. The molecular formula is C15H11F4NO4. The van der Waals surface area contributed by atoms with Gasteiger partial charge in [-0.15, -0.1) is 0 Å². The molecule has 2 aromatic rings. The Morgan fingerprint density at radius 1 is 1.21 bits per heavy atom. The molecule has 5 nitrogen and oxygen atoms in total. The van der Waals surface area contributed by atoms with Crippen molar-refractivity contribution in [1.82, 2.24) is 5.32 Å². The number of carbonyl (C=O) groups is 2. The molecule has 0 aliphatic heterocycles. The number of rotatable bonds is 5. The Hall–Kier alpha value is -2.84. The largest absolute Gasteiger partial charge is 0.480 e. The summed E-state index contributed by atoms with van der Waals surface area (Å²) in [4.78, 5) is 23.0. The van der Waals surface area contributed by atoms with Crippen molar-refractivity contribution in [2.24, 2.45) is 0 Å². The lowest BCUT2D eigenvalue weighted by atomic mass is 10.1. The molecule has 128 valence electrons. The van der Waals surface area contributed by atoms with E-state index in [9.17, 15) is 27.2 Å². The number of carboxylic acid groups (broad SMARTS) is 1. The van der Waals surface area contributed by atoms with Gasteiger partial charge >= 0.3 is 12.1 Å². The molecule has 9 heteroatoms. The van der Waals surface area contributed by atoms with Gasteiger partial charge in [0.05, 0.1) is 0 Å². The Morgan fingerprint density at radius 2 is 1.92 bits per heavy atom. The van der Waals surface area contributed by atoms with Crippen LogP contribution in [0.25, 0.3) is 0 Å². The molecule has 1 atom stereocenters. The Balaban J connectivity index is 2.11. The minimum Gasteiger partial charge on any atom is -0.480 e. The van der Waals surface area contributed by atoms with Crippen molar-refractivity contribution in [3.05, 3.63) is 59.3 Å². The van der Waals surface area contributed by atoms with E-state index in [4.69, 9.17) is 5.11 Å². The van der Waals surface area contributed by atoms with Gasteiger partial charge in [0.15, 0.2) is 5.76 Å². The standard InChI is InChI=1S/C15H11F4NO4/c16-9-3-1-2-8(6-9)7-10(14(22)23)20-13(21)11-4-5-12(24-11)15(17,18)19/h1-6,10H,7H2,(H,20,21)(H,22,23)/t10-/m1/s1. The molecule has 0 saturated carbocycles. The molecule has 0 unspecified atom stereocenters. The molecule has 0 spiro atoms. The van der Waals surface area contributed by atoms with Crippen LogP contribution in [0, 0.1) is 5.82 Å². The van der Waals surface area contributed by atoms with Crippen molar-refractivity contribution in [1.29, 1.82) is 0 Å². The second-order valence-corrected chi connectivity index (χ2v) is 4.86. The summed E-state index contributed by atoms with van der Waals surface area (Å²) in [5.41, 5.74) is 0.304. The topological polar surface area (TPSA) is 79.5 Å². The predicted octanol–water partition coefficient (Wildman–Crippen LogP) is 2.86. The zero-order valence-corrected chi connectivity index (χ0v) is 11.9. The van der Waals surface area contributed by atoms with E-state index < -0.39 is 41.4 Å². The van der Waals surface area contributed by atoms with Crippen molar-refractivity contribution >= 4 is 11.9 Å². The van der Waals surface area contributed by atoms with Crippen LogP contribution in [0.2, 0.25) is 0 Å². The third-order valence-electron chi connectivity index (χ3n) is 3.04. The molecule has 1 amide bonds. The Kier molecular flexibility index (Phi) is 4.91. The van der Waals surface area contributed by atoms with E-state index in [1.807, 2.05) is 5.32 Å². The molecule has 1 aromatic carbocycles. The summed E-state index contributed by atoms with van der Waals surface area (Å²) in [7, 11) is 0. The summed E-state index contributed by atoms with van der Waals surface area (Å²) in [6, 6.07) is 4.98. The van der Waals surface area contributed by atoms with Gasteiger partial charge in [-0.1, -0.05) is 12.1 Å². The quantitative estimate of drug-likeness (QED) is 0.817. The maximum Gasteiger partial charge on any atom is 0.449 e. The highest BCUT2D eigenvalue weighted by Gasteiger charge is 2.35. The van der Waals surface area contributed by atoms with Gasteiger partial charge in [0.2, 0.25) is 5.76 Å². The number of hydrogen-bond donors (Lipinski definition) is 2. The van der Waals surface area contributed by atoms with Gasteiger partial charge in [0, 0.05) is 6.42 Å². The molecule has 1 aromatic heterocycles. The SMILES string of the molecule is O=C(N[C@H](Cc1cccc(F)c1)C(=O)O)c1ccc(C(F)(F)F)o1. The van der Waals surface area contributed by atoms with Crippen molar-refractivity contribution in [2.45, 2.75) is 18.6 Å². The van der Waals surface area contributed by atoms with Crippen LogP contribution in [0.1, 0.15) is 21.9 Å². The van der Waals surface area contributed by atoms with Crippen LogP contribution in [0.3, 0.4) is 0 Å². The number of benzene rings is 1. The number of halogens is 4. The van der Waals surface area contributed by atoms with Gasteiger partial charge in [-0.3, -0.25) is 4.79 Å². The first-order valence-corrected chi connectivity index (χ1v) is 6.62. The van der Waals surface area contributed by atoms with Crippen LogP contribution in [0.15, 0.2) is 40.8 Å².